The predicted molar refractivity (Wildman–Crippen MR) is 81.1 cm³/mol. The number of aryl methyl sites for hydroxylation is 1. The van der Waals surface area contributed by atoms with E-state index in [-0.39, 0.29) is 6.61 Å². The van der Waals surface area contributed by atoms with Crippen LogP contribution in [0.25, 0.3) is 0 Å². The van der Waals surface area contributed by atoms with Gasteiger partial charge >= 0.3 is 0 Å². The van der Waals surface area contributed by atoms with E-state index >= 15 is 0 Å². The van der Waals surface area contributed by atoms with Crippen LogP contribution in [0.2, 0.25) is 0 Å². The minimum atomic E-state index is -0.764. The summed E-state index contributed by atoms with van der Waals surface area (Å²) in [6.45, 7) is 2.63. The van der Waals surface area contributed by atoms with Crippen LogP contribution < -0.4 is 19.9 Å². The molecule has 3 rings (SSSR count). The topological polar surface area (TPSA) is 70.8 Å². The van der Waals surface area contributed by atoms with Gasteiger partial charge in [-0.2, -0.15) is 0 Å². The molecule has 0 radical (unpaired) electrons. The maximum Gasteiger partial charge on any atom is 0.262 e. The average Bonchev–Trinajstić information content (AvgIpc) is 2.53. The summed E-state index contributed by atoms with van der Waals surface area (Å²) in [5, 5.41) is 0. The molecule has 2 aromatic carbocycles. The number of primary amides is 1. The Bertz CT molecular complexity index is 682. The van der Waals surface area contributed by atoms with Crippen LogP contribution in [0.4, 0.5) is 0 Å². The van der Waals surface area contributed by atoms with Crippen LogP contribution in [0, 0.1) is 6.92 Å². The number of fused-ring (bicyclic) bond motifs is 1. The van der Waals surface area contributed by atoms with Gasteiger partial charge in [0.05, 0.1) is 0 Å². The van der Waals surface area contributed by atoms with Gasteiger partial charge in [-0.3, -0.25) is 4.79 Å². The third-order valence-corrected chi connectivity index (χ3v) is 3.42. The lowest BCUT2D eigenvalue weighted by Gasteiger charge is -2.24. The van der Waals surface area contributed by atoms with Crippen LogP contribution >= 0.6 is 0 Å². The fourth-order valence-electron chi connectivity index (χ4n) is 2.13. The zero-order valence-electron chi connectivity index (χ0n) is 12.2. The van der Waals surface area contributed by atoms with Crippen molar-refractivity contribution in [3.05, 3.63) is 53.6 Å². The molecule has 1 amide bonds. The van der Waals surface area contributed by atoms with Gasteiger partial charge in [-0.25, -0.2) is 0 Å². The normalized spacial score (nSPS) is 16.1. The predicted octanol–water partition coefficient (Wildman–Crippen LogP) is 2.20. The first-order chi connectivity index (χ1) is 10.6. The van der Waals surface area contributed by atoms with Crippen molar-refractivity contribution in [3.8, 4) is 17.2 Å². The van der Waals surface area contributed by atoms with Crippen LogP contribution in [-0.2, 0) is 11.4 Å². The lowest BCUT2D eigenvalue weighted by atomic mass is 10.2. The van der Waals surface area contributed by atoms with Crippen molar-refractivity contribution in [2.45, 2.75) is 19.6 Å². The highest BCUT2D eigenvalue weighted by Crippen LogP contribution is 2.35. The van der Waals surface area contributed by atoms with Gasteiger partial charge in [0.2, 0.25) is 6.10 Å². The van der Waals surface area contributed by atoms with Gasteiger partial charge in [-0.05, 0) is 24.6 Å². The van der Waals surface area contributed by atoms with Gasteiger partial charge in [0.15, 0.2) is 11.5 Å². The average molecular weight is 299 g/mol. The molecule has 2 N–H and O–H groups in total. The molecule has 0 spiro atoms. The fraction of sp³-hybridized carbons (Fsp3) is 0.235. The number of nitrogens with two attached hydrogens (primary N) is 1. The number of amides is 1. The third-order valence-electron chi connectivity index (χ3n) is 3.42. The Hall–Kier alpha value is -2.69. The SMILES string of the molecule is Cc1ccc(COc2ccc3c(c2)O[C@@H](C(N)=O)CO3)cc1. The van der Waals surface area contributed by atoms with E-state index in [0.29, 0.717) is 23.9 Å². The summed E-state index contributed by atoms with van der Waals surface area (Å²) in [7, 11) is 0. The minimum Gasteiger partial charge on any atom is -0.489 e. The molecule has 5 nitrogen and oxygen atoms in total. The van der Waals surface area contributed by atoms with Crippen LogP contribution in [0.1, 0.15) is 11.1 Å². The maximum atomic E-state index is 11.2. The smallest absolute Gasteiger partial charge is 0.262 e. The first kappa shape index (κ1) is 14.3. The first-order valence-corrected chi connectivity index (χ1v) is 7.03. The van der Waals surface area contributed by atoms with Crippen molar-refractivity contribution >= 4 is 5.91 Å². The second-order valence-electron chi connectivity index (χ2n) is 5.20. The molecule has 22 heavy (non-hydrogen) atoms. The highest BCUT2D eigenvalue weighted by atomic mass is 16.6. The van der Waals surface area contributed by atoms with Crippen molar-refractivity contribution in [2.75, 3.05) is 6.61 Å². The van der Waals surface area contributed by atoms with Crippen molar-refractivity contribution in [1.29, 1.82) is 0 Å². The van der Waals surface area contributed by atoms with E-state index in [4.69, 9.17) is 19.9 Å². The van der Waals surface area contributed by atoms with Crippen LogP contribution in [0.5, 0.6) is 17.2 Å². The second kappa shape index (κ2) is 5.97. The van der Waals surface area contributed by atoms with Crippen molar-refractivity contribution in [2.24, 2.45) is 5.73 Å². The van der Waals surface area contributed by atoms with Crippen LogP contribution in [-0.4, -0.2) is 18.6 Å². The molecular formula is C17H17NO4. The molecule has 0 unspecified atom stereocenters. The molecule has 2 aromatic rings. The molecule has 1 aliphatic heterocycles. The van der Waals surface area contributed by atoms with E-state index in [9.17, 15) is 4.79 Å². The monoisotopic (exact) mass is 299 g/mol. The molecular weight excluding hydrogens is 282 g/mol. The highest BCUT2D eigenvalue weighted by Gasteiger charge is 2.25. The van der Waals surface area contributed by atoms with Gasteiger partial charge in [0, 0.05) is 6.07 Å². The van der Waals surface area contributed by atoms with Crippen molar-refractivity contribution in [1.82, 2.24) is 0 Å². The van der Waals surface area contributed by atoms with Crippen molar-refractivity contribution in [3.63, 3.8) is 0 Å². The molecule has 0 saturated heterocycles. The molecule has 114 valence electrons. The Morgan fingerprint density at radius 2 is 2.00 bits per heavy atom. The summed E-state index contributed by atoms with van der Waals surface area (Å²) in [6, 6.07) is 13.4. The summed E-state index contributed by atoms with van der Waals surface area (Å²) in [6.07, 6.45) is -0.764. The zero-order valence-corrected chi connectivity index (χ0v) is 12.2. The summed E-state index contributed by atoms with van der Waals surface area (Å²) >= 11 is 0. The molecule has 0 aromatic heterocycles. The maximum absolute atomic E-state index is 11.2. The van der Waals surface area contributed by atoms with Gasteiger partial charge in [0.1, 0.15) is 19.0 Å². The Kier molecular flexibility index (Phi) is 3.87. The lowest BCUT2D eigenvalue weighted by Crippen LogP contribution is -2.40. The van der Waals surface area contributed by atoms with E-state index in [1.54, 1.807) is 18.2 Å². The fourth-order valence-corrected chi connectivity index (χ4v) is 2.13. The molecule has 0 fully saturated rings. The largest absolute Gasteiger partial charge is 0.489 e. The molecule has 1 atom stereocenters. The number of rotatable bonds is 4. The van der Waals surface area contributed by atoms with E-state index in [1.165, 1.54) is 5.56 Å². The zero-order chi connectivity index (χ0) is 15.5. The number of carbonyl (C=O) groups excluding carboxylic acids is 1. The molecule has 1 heterocycles. The van der Waals surface area contributed by atoms with Crippen LogP contribution in [0.3, 0.4) is 0 Å². The van der Waals surface area contributed by atoms with Gasteiger partial charge in [0.25, 0.3) is 5.91 Å². The Labute approximate surface area is 128 Å². The van der Waals surface area contributed by atoms with Crippen molar-refractivity contribution < 1.29 is 19.0 Å². The molecule has 0 aliphatic carbocycles. The van der Waals surface area contributed by atoms with Gasteiger partial charge in [-0.15, -0.1) is 0 Å². The van der Waals surface area contributed by atoms with E-state index in [0.717, 1.165) is 5.56 Å². The second-order valence-corrected chi connectivity index (χ2v) is 5.20. The lowest BCUT2D eigenvalue weighted by molar-refractivity contribution is -0.127. The number of hydrogen-bond donors (Lipinski definition) is 1. The summed E-state index contributed by atoms with van der Waals surface area (Å²) in [5.74, 6) is 1.15. The third kappa shape index (κ3) is 3.14. The molecule has 5 heteroatoms. The van der Waals surface area contributed by atoms with Crippen LogP contribution in [0.15, 0.2) is 42.5 Å². The number of hydrogen-bond acceptors (Lipinski definition) is 4. The minimum absolute atomic E-state index is 0.131. The molecule has 0 bridgehead atoms. The van der Waals surface area contributed by atoms with E-state index in [2.05, 4.69) is 0 Å². The Morgan fingerprint density at radius 3 is 2.73 bits per heavy atom. The highest BCUT2D eigenvalue weighted by molar-refractivity contribution is 5.79. The summed E-state index contributed by atoms with van der Waals surface area (Å²) < 4.78 is 16.7. The number of benzene rings is 2. The van der Waals surface area contributed by atoms with Gasteiger partial charge < -0.3 is 19.9 Å². The summed E-state index contributed by atoms with van der Waals surface area (Å²) in [4.78, 5) is 11.2. The van der Waals surface area contributed by atoms with E-state index < -0.39 is 12.0 Å². The van der Waals surface area contributed by atoms with E-state index in [1.807, 2.05) is 31.2 Å². The molecule has 0 saturated carbocycles. The van der Waals surface area contributed by atoms with Gasteiger partial charge in [-0.1, -0.05) is 29.8 Å². The quantitative estimate of drug-likeness (QED) is 0.939. The molecule has 1 aliphatic rings. The summed E-state index contributed by atoms with van der Waals surface area (Å²) in [5.41, 5.74) is 7.52. The number of carbonyl (C=O) groups is 1. The number of ether oxygens (including phenoxy) is 3. The Morgan fingerprint density at radius 1 is 1.23 bits per heavy atom. The Balaban J connectivity index is 1.69. The standard InChI is InChI=1S/C17H17NO4/c1-11-2-4-12(5-3-11)9-20-13-6-7-14-15(8-13)22-16(10-21-14)17(18)19/h2-8,16H,9-10H2,1H3,(H2,18,19)/t16-/m1/s1. The first-order valence-electron chi connectivity index (χ1n) is 7.03.